The normalized spacial score (nSPS) is 10.6. The van der Waals surface area contributed by atoms with E-state index >= 15 is 0 Å². The number of fused-ring (bicyclic) bond motifs is 1. The minimum absolute atomic E-state index is 0.113. The van der Waals surface area contributed by atoms with Crippen molar-refractivity contribution in [1.29, 1.82) is 0 Å². The van der Waals surface area contributed by atoms with Gasteiger partial charge in [0.25, 0.3) is 0 Å². The second-order valence-electron chi connectivity index (χ2n) is 4.77. The first-order valence-corrected chi connectivity index (χ1v) is 6.68. The third-order valence-electron chi connectivity index (χ3n) is 3.32. The van der Waals surface area contributed by atoms with Gasteiger partial charge >= 0.3 is 5.97 Å². The molecule has 0 aliphatic rings. The number of ketones is 1. The first-order chi connectivity index (χ1) is 10.7. The van der Waals surface area contributed by atoms with Crippen molar-refractivity contribution >= 4 is 22.8 Å². The van der Waals surface area contributed by atoms with Crippen LogP contribution in [-0.4, -0.2) is 34.0 Å². The van der Waals surface area contributed by atoms with E-state index in [0.29, 0.717) is 22.3 Å². The van der Waals surface area contributed by atoms with Crippen LogP contribution in [0.1, 0.15) is 26.4 Å². The number of carbonyl (C=O) groups excluding carboxylic acids is 2. The molecule has 6 heteroatoms. The zero-order chi connectivity index (χ0) is 15.5. The van der Waals surface area contributed by atoms with Crippen LogP contribution < -0.4 is 0 Å². The van der Waals surface area contributed by atoms with Gasteiger partial charge in [-0.05, 0) is 29.8 Å². The van der Waals surface area contributed by atoms with Gasteiger partial charge in [0.15, 0.2) is 11.4 Å². The van der Waals surface area contributed by atoms with E-state index in [0.717, 1.165) is 5.56 Å². The summed E-state index contributed by atoms with van der Waals surface area (Å²) in [6.07, 6.45) is 1.79. The van der Waals surface area contributed by atoms with E-state index in [1.54, 1.807) is 42.6 Å². The highest BCUT2D eigenvalue weighted by molar-refractivity contribution is 6.06. The summed E-state index contributed by atoms with van der Waals surface area (Å²) in [6, 6.07) is 10.4. The van der Waals surface area contributed by atoms with Gasteiger partial charge in [0.05, 0.1) is 12.7 Å². The number of aromatic nitrogens is 3. The van der Waals surface area contributed by atoms with Gasteiger partial charge in [-0.2, -0.15) is 5.10 Å². The van der Waals surface area contributed by atoms with Crippen molar-refractivity contribution in [1.82, 2.24) is 15.2 Å². The van der Waals surface area contributed by atoms with E-state index in [1.807, 2.05) is 0 Å². The van der Waals surface area contributed by atoms with E-state index in [9.17, 15) is 9.59 Å². The fourth-order valence-corrected chi connectivity index (χ4v) is 2.26. The molecule has 2 aromatic heterocycles. The lowest BCUT2D eigenvalue weighted by Gasteiger charge is -2.03. The Kier molecular flexibility index (Phi) is 3.65. The molecule has 0 saturated carbocycles. The lowest BCUT2D eigenvalue weighted by Crippen LogP contribution is -2.07. The Morgan fingerprint density at radius 3 is 2.91 bits per heavy atom. The third kappa shape index (κ3) is 2.58. The molecule has 0 bridgehead atoms. The molecule has 1 N–H and O–H groups in total. The quantitative estimate of drug-likeness (QED) is 0.589. The summed E-state index contributed by atoms with van der Waals surface area (Å²) in [5.74, 6) is -0.539. The third-order valence-corrected chi connectivity index (χ3v) is 3.32. The van der Waals surface area contributed by atoms with Gasteiger partial charge in [-0.15, -0.1) is 0 Å². The van der Waals surface area contributed by atoms with Gasteiger partial charge in [0, 0.05) is 18.0 Å². The Morgan fingerprint density at radius 2 is 2.09 bits per heavy atom. The highest BCUT2D eigenvalue weighted by atomic mass is 16.5. The molecule has 0 fully saturated rings. The number of hydrogen-bond donors (Lipinski definition) is 1. The summed E-state index contributed by atoms with van der Waals surface area (Å²) in [7, 11) is 1.32. The van der Waals surface area contributed by atoms with Crippen molar-refractivity contribution in [2.75, 3.05) is 7.11 Å². The average Bonchev–Trinajstić information content (AvgIpc) is 2.98. The number of benzene rings is 1. The first kappa shape index (κ1) is 13.9. The number of aromatic amines is 1. The number of carbonyl (C=O) groups is 2. The summed E-state index contributed by atoms with van der Waals surface area (Å²) < 4.78 is 4.68. The summed E-state index contributed by atoms with van der Waals surface area (Å²) in [5, 5.41) is 7.43. The molecule has 6 nitrogen and oxygen atoms in total. The fourth-order valence-electron chi connectivity index (χ4n) is 2.26. The van der Waals surface area contributed by atoms with Crippen LogP contribution in [0.4, 0.5) is 0 Å². The van der Waals surface area contributed by atoms with Gasteiger partial charge < -0.3 is 4.74 Å². The standard InChI is InChI=1S/C16H13N3O3/c1-22-16(21)11-5-2-4-10(8-11)9-13(20)14-12-6-3-7-17-15(12)19-18-14/h2-8H,9H2,1H3,(H,17,18,19). The molecule has 3 aromatic rings. The van der Waals surface area contributed by atoms with Crippen LogP contribution in [0.2, 0.25) is 0 Å². The molecule has 0 atom stereocenters. The zero-order valence-electron chi connectivity index (χ0n) is 11.9. The number of pyridine rings is 1. The molecule has 0 aliphatic heterocycles. The molecule has 0 radical (unpaired) electrons. The van der Waals surface area contributed by atoms with Crippen molar-refractivity contribution in [2.45, 2.75) is 6.42 Å². The molecule has 110 valence electrons. The second-order valence-corrected chi connectivity index (χ2v) is 4.77. The smallest absolute Gasteiger partial charge is 0.337 e. The molecule has 0 aliphatic carbocycles. The van der Waals surface area contributed by atoms with Crippen molar-refractivity contribution in [3.8, 4) is 0 Å². The van der Waals surface area contributed by atoms with Gasteiger partial charge in [-0.25, -0.2) is 9.78 Å². The van der Waals surface area contributed by atoms with Crippen molar-refractivity contribution < 1.29 is 14.3 Å². The monoisotopic (exact) mass is 295 g/mol. The van der Waals surface area contributed by atoms with Gasteiger partial charge in [0.1, 0.15) is 5.69 Å². The maximum absolute atomic E-state index is 12.4. The van der Waals surface area contributed by atoms with Gasteiger partial charge in [-0.3, -0.25) is 9.89 Å². The molecule has 0 spiro atoms. The van der Waals surface area contributed by atoms with Crippen LogP contribution in [0, 0.1) is 0 Å². The lowest BCUT2D eigenvalue weighted by molar-refractivity contribution is 0.0600. The molecule has 0 amide bonds. The van der Waals surface area contributed by atoms with Crippen LogP contribution in [0.25, 0.3) is 11.0 Å². The first-order valence-electron chi connectivity index (χ1n) is 6.68. The van der Waals surface area contributed by atoms with Gasteiger partial charge in [0.2, 0.25) is 0 Å². The van der Waals surface area contributed by atoms with E-state index in [-0.39, 0.29) is 12.2 Å². The van der Waals surface area contributed by atoms with Crippen LogP contribution in [0.15, 0.2) is 42.6 Å². The Hall–Kier alpha value is -3.02. The number of nitrogens with one attached hydrogen (secondary N) is 1. The summed E-state index contributed by atoms with van der Waals surface area (Å²) in [6.45, 7) is 0. The number of methoxy groups -OCH3 is 1. The average molecular weight is 295 g/mol. The minimum Gasteiger partial charge on any atom is -0.465 e. The zero-order valence-corrected chi connectivity index (χ0v) is 11.9. The number of nitrogens with zero attached hydrogens (tertiary/aromatic N) is 2. The molecule has 3 rings (SSSR count). The number of hydrogen-bond acceptors (Lipinski definition) is 5. The Bertz CT molecular complexity index is 854. The summed E-state index contributed by atoms with van der Waals surface area (Å²) in [5.41, 5.74) is 2.09. The van der Waals surface area contributed by atoms with Crippen LogP contribution in [0.3, 0.4) is 0 Å². The van der Waals surface area contributed by atoms with E-state index < -0.39 is 5.97 Å². The maximum atomic E-state index is 12.4. The highest BCUT2D eigenvalue weighted by Gasteiger charge is 2.15. The number of H-pyrrole nitrogens is 1. The largest absolute Gasteiger partial charge is 0.465 e. The van der Waals surface area contributed by atoms with Crippen molar-refractivity contribution in [3.63, 3.8) is 0 Å². The number of esters is 1. The molecule has 1 aromatic carbocycles. The Morgan fingerprint density at radius 1 is 1.23 bits per heavy atom. The predicted molar refractivity (Wildman–Crippen MR) is 79.7 cm³/mol. The van der Waals surface area contributed by atoms with Gasteiger partial charge in [-0.1, -0.05) is 12.1 Å². The van der Waals surface area contributed by atoms with E-state index in [1.165, 1.54) is 7.11 Å². The minimum atomic E-state index is -0.425. The van der Waals surface area contributed by atoms with Crippen LogP contribution in [0.5, 0.6) is 0 Å². The topological polar surface area (TPSA) is 84.9 Å². The number of Topliss-reactive ketones (excluding diaryl/α,β-unsaturated/α-hetero) is 1. The highest BCUT2D eigenvalue weighted by Crippen LogP contribution is 2.16. The number of ether oxygens (including phenoxy) is 1. The van der Waals surface area contributed by atoms with E-state index in [4.69, 9.17) is 0 Å². The summed E-state index contributed by atoms with van der Waals surface area (Å²) in [4.78, 5) is 28.0. The Labute approximate surface area is 126 Å². The Balaban J connectivity index is 1.87. The molecule has 22 heavy (non-hydrogen) atoms. The summed E-state index contributed by atoms with van der Waals surface area (Å²) >= 11 is 0. The van der Waals surface area contributed by atoms with Crippen molar-refractivity contribution in [3.05, 3.63) is 59.4 Å². The lowest BCUT2D eigenvalue weighted by atomic mass is 10.0. The molecule has 0 saturated heterocycles. The maximum Gasteiger partial charge on any atom is 0.337 e. The molecular formula is C16H13N3O3. The number of rotatable bonds is 4. The molecular weight excluding hydrogens is 282 g/mol. The molecule has 2 heterocycles. The van der Waals surface area contributed by atoms with Crippen LogP contribution in [-0.2, 0) is 11.2 Å². The fraction of sp³-hybridized carbons (Fsp3) is 0.125. The SMILES string of the molecule is COC(=O)c1cccc(CC(=O)c2[nH]nc3ncccc23)c1. The predicted octanol–water partition coefficient (Wildman–Crippen LogP) is 2.17. The van der Waals surface area contributed by atoms with Crippen LogP contribution >= 0.6 is 0 Å². The second kappa shape index (κ2) is 5.77. The van der Waals surface area contributed by atoms with E-state index in [2.05, 4.69) is 19.9 Å². The van der Waals surface area contributed by atoms with Crippen molar-refractivity contribution in [2.24, 2.45) is 0 Å². The molecule has 0 unspecified atom stereocenters.